The van der Waals surface area contributed by atoms with E-state index in [4.69, 9.17) is 0 Å². The Hall–Kier alpha value is -4.26. The van der Waals surface area contributed by atoms with Crippen LogP contribution in [0.3, 0.4) is 0 Å². The zero-order valence-electron chi connectivity index (χ0n) is 15.9. The van der Waals surface area contributed by atoms with Gasteiger partial charge in [0.25, 0.3) is 5.91 Å². The first-order chi connectivity index (χ1) is 14.6. The third-order valence-electron chi connectivity index (χ3n) is 4.55. The number of anilines is 2. The number of nitrogens with zero attached hydrogens (tertiary/aromatic N) is 3. The van der Waals surface area contributed by atoms with Gasteiger partial charge in [-0.1, -0.05) is 48.5 Å². The van der Waals surface area contributed by atoms with Crippen LogP contribution in [0.15, 0.2) is 89.1 Å². The van der Waals surface area contributed by atoms with Gasteiger partial charge >= 0.3 is 0 Å². The third kappa shape index (κ3) is 3.95. The Balaban J connectivity index is 1.56. The van der Waals surface area contributed by atoms with Gasteiger partial charge in [0.15, 0.2) is 5.71 Å². The summed E-state index contributed by atoms with van der Waals surface area (Å²) < 4.78 is 0. The smallest absolute Gasteiger partial charge is 0.279 e. The number of hydrogen-bond acceptors (Lipinski definition) is 5. The highest BCUT2D eigenvalue weighted by Crippen LogP contribution is 2.29. The number of hydrogen-bond donors (Lipinski definition) is 2. The minimum Gasteiger partial charge on any atom is -0.507 e. The van der Waals surface area contributed by atoms with Crippen molar-refractivity contribution in [2.45, 2.75) is 0 Å². The quantitative estimate of drug-likeness (QED) is 0.510. The molecule has 0 spiro atoms. The first kappa shape index (κ1) is 19.1. The Kier molecular flexibility index (Phi) is 5.34. The summed E-state index contributed by atoms with van der Waals surface area (Å²) in [5, 5.41) is 20.6. The van der Waals surface area contributed by atoms with Crippen molar-refractivity contribution in [2.75, 3.05) is 16.8 Å². The molecule has 0 saturated carbocycles. The van der Waals surface area contributed by atoms with Crippen molar-refractivity contribution < 1.29 is 14.7 Å². The van der Waals surface area contributed by atoms with E-state index in [9.17, 15) is 14.7 Å². The van der Waals surface area contributed by atoms with Gasteiger partial charge in [0.1, 0.15) is 12.3 Å². The fraction of sp³-hybridized carbons (Fsp3) is 0.0435. The molecule has 0 aliphatic carbocycles. The molecule has 30 heavy (non-hydrogen) atoms. The van der Waals surface area contributed by atoms with Crippen LogP contribution in [0.4, 0.5) is 11.4 Å². The van der Waals surface area contributed by atoms with Gasteiger partial charge in [-0.2, -0.15) is 5.10 Å². The Morgan fingerprint density at radius 2 is 1.67 bits per heavy atom. The molecule has 0 fully saturated rings. The fourth-order valence-electron chi connectivity index (χ4n) is 3.13. The maximum absolute atomic E-state index is 13.0. The van der Waals surface area contributed by atoms with Crippen LogP contribution in [0.5, 0.6) is 5.75 Å². The number of carbonyl (C=O) groups excluding carboxylic acids is 2. The summed E-state index contributed by atoms with van der Waals surface area (Å²) in [6.07, 6.45) is 1.38. The lowest BCUT2D eigenvalue weighted by molar-refractivity contribution is -0.118. The highest BCUT2D eigenvalue weighted by atomic mass is 16.3. The van der Waals surface area contributed by atoms with Crippen LogP contribution < -0.4 is 10.2 Å². The summed E-state index contributed by atoms with van der Waals surface area (Å²) in [4.78, 5) is 26.8. The molecule has 1 heterocycles. The first-order valence-electron chi connectivity index (χ1n) is 9.28. The summed E-state index contributed by atoms with van der Waals surface area (Å²) in [6, 6.07) is 22.8. The van der Waals surface area contributed by atoms with E-state index in [0.717, 1.165) is 0 Å². The van der Waals surface area contributed by atoms with E-state index in [0.29, 0.717) is 22.5 Å². The summed E-state index contributed by atoms with van der Waals surface area (Å²) in [6.45, 7) is -0.146. The SMILES string of the molecule is O=C(CN1C(=O)C(=N/N=C/c2ccccc2O)c2ccccc21)Nc1ccccc1. The standard InChI is InChI=1S/C23H18N4O3/c28-20-13-7-4-8-16(20)14-24-26-22-18-11-5-6-12-19(18)27(23(22)30)15-21(29)25-17-9-2-1-3-10-17/h1-14,28H,15H2,(H,25,29)/b24-14+,26-22?. The number of benzene rings is 3. The molecule has 0 unspecified atom stereocenters. The Labute approximate surface area is 173 Å². The first-order valence-corrected chi connectivity index (χ1v) is 9.28. The minimum atomic E-state index is -0.408. The van der Waals surface area contributed by atoms with Crippen molar-refractivity contribution in [3.05, 3.63) is 90.0 Å². The van der Waals surface area contributed by atoms with Crippen LogP contribution in [0, 0.1) is 0 Å². The van der Waals surface area contributed by atoms with E-state index in [1.807, 2.05) is 18.2 Å². The van der Waals surface area contributed by atoms with Crippen LogP contribution in [-0.2, 0) is 9.59 Å². The van der Waals surface area contributed by atoms with E-state index < -0.39 is 5.91 Å². The van der Waals surface area contributed by atoms with E-state index in [2.05, 4.69) is 15.5 Å². The molecule has 3 aromatic carbocycles. The second-order valence-electron chi connectivity index (χ2n) is 6.57. The van der Waals surface area contributed by atoms with E-state index in [1.54, 1.807) is 54.6 Å². The summed E-state index contributed by atoms with van der Waals surface area (Å²) in [5.41, 5.74) is 2.49. The summed E-state index contributed by atoms with van der Waals surface area (Å²) in [5.74, 6) is -0.657. The molecule has 0 radical (unpaired) electrons. The van der Waals surface area contributed by atoms with Gasteiger partial charge in [-0.05, 0) is 30.3 Å². The van der Waals surface area contributed by atoms with Gasteiger partial charge in [-0.25, -0.2) is 0 Å². The predicted octanol–water partition coefficient (Wildman–Crippen LogP) is 3.20. The maximum Gasteiger partial charge on any atom is 0.279 e. The number of rotatable bonds is 5. The van der Waals surface area contributed by atoms with Crippen molar-refractivity contribution in [3.8, 4) is 5.75 Å². The Bertz CT molecular complexity index is 1160. The normalized spacial score (nSPS) is 14.3. The molecule has 7 heteroatoms. The number of phenolic OH excluding ortho intramolecular Hbond substituents is 1. The fourth-order valence-corrected chi connectivity index (χ4v) is 3.13. The van der Waals surface area contributed by atoms with Gasteiger partial charge in [0.05, 0.1) is 11.9 Å². The monoisotopic (exact) mass is 398 g/mol. The molecule has 0 aromatic heterocycles. The van der Waals surface area contributed by atoms with E-state index in [1.165, 1.54) is 17.2 Å². The number of fused-ring (bicyclic) bond motifs is 1. The average molecular weight is 398 g/mol. The van der Waals surface area contributed by atoms with Gasteiger partial charge in [-0.15, -0.1) is 5.10 Å². The Morgan fingerprint density at radius 1 is 0.967 bits per heavy atom. The summed E-state index contributed by atoms with van der Waals surface area (Å²) in [7, 11) is 0. The van der Waals surface area contributed by atoms with E-state index in [-0.39, 0.29) is 23.9 Å². The van der Waals surface area contributed by atoms with Crippen molar-refractivity contribution in [3.63, 3.8) is 0 Å². The minimum absolute atomic E-state index is 0.0683. The van der Waals surface area contributed by atoms with Crippen molar-refractivity contribution in [1.82, 2.24) is 0 Å². The number of para-hydroxylation sites is 3. The van der Waals surface area contributed by atoms with Crippen LogP contribution in [-0.4, -0.2) is 35.4 Å². The highest BCUT2D eigenvalue weighted by Gasteiger charge is 2.35. The van der Waals surface area contributed by atoms with Crippen LogP contribution in [0.2, 0.25) is 0 Å². The molecule has 1 aliphatic heterocycles. The molecule has 3 aromatic rings. The van der Waals surface area contributed by atoms with Crippen LogP contribution >= 0.6 is 0 Å². The lowest BCUT2D eigenvalue weighted by Gasteiger charge is -2.16. The van der Waals surface area contributed by atoms with Gasteiger partial charge in [0.2, 0.25) is 5.91 Å². The van der Waals surface area contributed by atoms with Crippen molar-refractivity contribution >= 4 is 35.1 Å². The van der Waals surface area contributed by atoms with E-state index >= 15 is 0 Å². The van der Waals surface area contributed by atoms with Gasteiger partial charge in [-0.3, -0.25) is 14.5 Å². The zero-order chi connectivity index (χ0) is 20.9. The molecule has 7 nitrogen and oxygen atoms in total. The van der Waals surface area contributed by atoms with Gasteiger partial charge < -0.3 is 10.4 Å². The largest absolute Gasteiger partial charge is 0.507 e. The molecular weight excluding hydrogens is 380 g/mol. The van der Waals surface area contributed by atoms with Crippen molar-refractivity contribution in [2.24, 2.45) is 10.2 Å². The number of carbonyl (C=O) groups is 2. The number of nitrogens with one attached hydrogen (secondary N) is 1. The number of amides is 2. The lowest BCUT2D eigenvalue weighted by Crippen LogP contribution is -2.37. The second-order valence-corrected chi connectivity index (χ2v) is 6.57. The highest BCUT2D eigenvalue weighted by molar-refractivity contribution is 6.54. The van der Waals surface area contributed by atoms with Gasteiger partial charge in [0, 0.05) is 16.8 Å². The second kappa shape index (κ2) is 8.40. The molecular formula is C23H18N4O3. The average Bonchev–Trinajstić information content (AvgIpc) is 3.02. The predicted molar refractivity (Wildman–Crippen MR) is 116 cm³/mol. The number of aromatic hydroxyl groups is 1. The maximum atomic E-state index is 13.0. The van der Waals surface area contributed by atoms with Crippen molar-refractivity contribution in [1.29, 1.82) is 0 Å². The molecule has 0 saturated heterocycles. The lowest BCUT2D eigenvalue weighted by atomic mass is 10.1. The topological polar surface area (TPSA) is 94.4 Å². The van der Waals surface area contributed by atoms with Crippen LogP contribution in [0.1, 0.15) is 11.1 Å². The van der Waals surface area contributed by atoms with Crippen LogP contribution in [0.25, 0.3) is 0 Å². The zero-order valence-corrected chi connectivity index (χ0v) is 15.9. The number of phenols is 1. The summed E-state index contributed by atoms with van der Waals surface area (Å²) >= 11 is 0. The Morgan fingerprint density at radius 3 is 2.47 bits per heavy atom. The molecule has 4 rings (SSSR count). The molecule has 2 N–H and O–H groups in total. The molecule has 2 amide bonds. The molecule has 148 valence electrons. The third-order valence-corrected chi connectivity index (χ3v) is 4.55. The molecule has 0 atom stereocenters. The molecule has 0 bridgehead atoms. The molecule has 1 aliphatic rings.